The van der Waals surface area contributed by atoms with Gasteiger partial charge < -0.3 is 9.14 Å². The highest BCUT2D eigenvalue weighted by Gasteiger charge is 2.20. The molecule has 0 unspecified atom stereocenters. The highest BCUT2D eigenvalue weighted by atomic mass is 35.5. The minimum Gasteiger partial charge on any atom is -0.497 e. The summed E-state index contributed by atoms with van der Waals surface area (Å²) in [6, 6.07) is 17.8. The molecule has 2 aromatic heterocycles. The fraction of sp³-hybridized carbons (Fsp3) is 0.0909. The number of pyridine rings is 1. The third-order valence-corrected chi connectivity index (χ3v) is 4.91. The third-order valence-electron chi connectivity index (χ3n) is 4.65. The number of benzene rings is 2. The van der Waals surface area contributed by atoms with Gasteiger partial charge in [0.1, 0.15) is 5.75 Å². The highest BCUT2D eigenvalue weighted by molar-refractivity contribution is 6.30. The van der Waals surface area contributed by atoms with Crippen molar-refractivity contribution in [3.63, 3.8) is 0 Å². The number of methoxy groups -OCH3 is 1. The van der Waals surface area contributed by atoms with Gasteiger partial charge >= 0.3 is 0 Å². The lowest BCUT2D eigenvalue weighted by Crippen LogP contribution is -2.05. The zero-order chi connectivity index (χ0) is 19.1. The van der Waals surface area contributed by atoms with Gasteiger partial charge in [-0.05, 0) is 61.5 Å². The molecule has 4 rings (SSSR count). The molecule has 0 spiro atoms. The minimum absolute atomic E-state index is 0.0875. The molecule has 0 aliphatic carbocycles. The molecule has 0 bridgehead atoms. The van der Waals surface area contributed by atoms with Crippen LogP contribution in [0.15, 0.2) is 60.7 Å². The number of halogens is 1. The Morgan fingerprint density at radius 2 is 1.63 bits per heavy atom. The Labute approximate surface area is 160 Å². The van der Waals surface area contributed by atoms with Crippen LogP contribution < -0.4 is 4.74 Å². The number of hydrogen-bond donors (Lipinski definition) is 0. The van der Waals surface area contributed by atoms with Crippen molar-refractivity contribution in [2.24, 2.45) is 0 Å². The van der Waals surface area contributed by atoms with Gasteiger partial charge in [0, 0.05) is 21.5 Å². The number of hydrogen-bond acceptors (Lipinski definition) is 3. The maximum absolute atomic E-state index is 13.2. The minimum atomic E-state index is -0.169. The average molecular weight is 378 g/mol. The van der Waals surface area contributed by atoms with Crippen LogP contribution in [-0.4, -0.2) is 23.1 Å². The SMILES string of the molecule is COc1ccc2c(ccc3c(C(C)=O)cc(C(=O)c4ccc(Cl)cc4)n32)c1. The molecule has 2 aromatic carbocycles. The number of rotatable bonds is 4. The van der Waals surface area contributed by atoms with Crippen molar-refractivity contribution in [2.45, 2.75) is 6.92 Å². The van der Waals surface area contributed by atoms with Crippen LogP contribution in [0.25, 0.3) is 16.4 Å². The normalized spacial score (nSPS) is 11.1. The topological polar surface area (TPSA) is 47.8 Å². The van der Waals surface area contributed by atoms with E-state index in [1.807, 2.05) is 34.7 Å². The number of ether oxygens (including phenoxy) is 1. The Kier molecular flexibility index (Phi) is 4.21. The maximum atomic E-state index is 13.2. The van der Waals surface area contributed by atoms with Gasteiger partial charge in [0.05, 0.1) is 23.8 Å². The Morgan fingerprint density at radius 3 is 2.30 bits per heavy atom. The largest absolute Gasteiger partial charge is 0.497 e. The molecule has 0 aliphatic rings. The second kappa shape index (κ2) is 6.56. The third kappa shape index (κ3) is 2.88. The molecular formula is C22H16ClNO3. The van der Waals surface area contributed by atoms with Crippen molar-refractivity contribution in [1.82, 2.24) is 4.40 Å². The lowest BCUT2D eigenvalue weighted by Gasteiger charge is -2.09. The van der Waals surface area contributed by atoms with Crippen LogP contribution in [0, 0.1) is 0 Å². The van der Waals surface area contributed by atoms with Gasteiger partial charge in [-0.2, -0.15) is 0 Å². The van der Waals surface area contributed by atoms with Crippen LogP contribution in [0.3, 0.4) is 0 Å². The van der Waals surface area contributed by atoms with Crippen molar-refractivity contribution in [1.29, 1.82) is 0 Å². The molecule has 0 atom stereocenters. The second-order valence-electron chi connectivity index (χ2n) is 6.31. The summed E-state index contributed by atoms with van der Waals surface area (Å²) in [7, 11) is 1.61. The van der Waals surface area contributed by atoms with E-state index in [1.54, 1.807) is 37.4 Å². The van der Waals surface area contributed by atoms with Crippen molar-refractivity contribution in [3.8, 4) is 5.75 Å². The second-order valence-corrected chi connectivity index (χ2v) is 6.75. The Balaban J connectivity index is 2.03. The number of carbonyl (C=O) groups is 2. The van der Waals surface area contributed by atoms with E-state index in [0.717, 1.165) is 16.7 Å². The van der Waals surface area contributed by atoms with Gasteiger partial charge in [-0.25, -0.2) is 0 Å². The van der Waals surface area contributed by atoms with Crippen molar-refractivity contribution < 1.29 is 14.3 Å². The summed E-state index contributed by atoms with van der Waals surface area (Å²) in [5, 5.41) is 1.48. The molecular weight excluding hydrogens is 362 g/mol. The maximum Gasteiger partial charge on any atom is 0.209 e. The molecule has 134 valence electrons. The van der Waals surface area contributed by atoms with Crippen molar-refractivity contribution >= 4 is 39.6 Å². The van der Waals surface area contributed by atoms with Crippen LogP contribution >= 0.6 is 11.6 Å². The van der Waals surface area contributed by atoms with E-state index in [0.29, 0.717) is 27.4 Å². The monoisotopic (exact) mass is 377 g/mol. The number of nitrogens with zero attached hydrogens (tertiary/aromatic N) is 1. The van der Waals surface area contributed by atoms with E-state index in [9.17, 15) is 9.59 Å². The molecule has 0 fully saturated rings. The first kappa shape index (κ1) is 17.3. The number of fused-ring (bicyclic) bond motifs is 3. The number of ketones is 2. The predicted molar refractivity (Wildman–Crippen MR) is 106 cm³/mol. The van der Waals surface area contributed by atoms with Gasteiger partial charge in [0.25, 0.3) is 0 Å². The zero-order valence-electron chi connectivity index (χ0n) is 14.8. The van der Waals surface area contributed by atoms with Gasteiger partial charge in [0.2, 0.25) is 5.78 Å². The Hall–Kier alpha value is -3.11. The van der Waals surface area contributed by atoms with E-state index >= 15 is 0 Å². The molecule has 0 aliphatic heterocycles. The highest BCUT2D eigenvalue weighted by Crippen LogP contribution is 2.28. The number of Topliss-reactive ketones (excluding diaryl/α,β-unsaturated/α-hetero) is 1. The summed E-state index contributed by atoms with van der Waals surface area (Å²) in [4.78, 5) is 25.3. The summed E-state index contributed by atoms with van der Waals surface area (Å²) in [5.41, 5.74) is 3.01. The molecule has 4 aromatic rings. The fourth-order valence-corrected chi connectivity index (χ4v) is 3.44. The van der Waals surface area contributed by atoms with Gasteiger partial charge in [0.15, 0.2) is 5.78 Å². The van der Waals surface area contributed by atoms with Gasteiger partial charge in [-0.1, -0.05) is 17.7 Å². The van der Waals surface area contributed by atoms with E-state index < -0.39 is 0 Å². The summed E-state index contributed by atoms with van der Waals surface area (Å²) >= 11 is 5.94. The van der Waals surface area contributed by atoms with Crippen LogP contribution in [0.4, 0.5) is 0 Å². The van der Waals surface area contributed by atoms with E-state index in [2.05, 4.69) is 0 Å². The molecule has 0 saturated carbocycles. The smallest absolute Gasteiger partial charge is 0.209 e. The zero-order valence-corrected chi connectivity index (χ0v) is 15.6. The van der Waals surface area contributed by atoms with Crippen molar-refractivity contribution in [3.05, 3.63) is 82.5 Å². The molecule has 4 nitrogen and oxygen atoms in total. The van der Waals surface area contributed by atoms with E-state index in [1.165, 1.54) is 6.92 Å². The molecule has 0 N–H and O–H groups in total. The molecule has 27 heavy (non-hydrogen) atoms. The first-order valence-electron chi connectivity index (χ1n) is 8.43. The first-order valence-corrected chi connectivity index (χ1v) is 8.81. The molecule has 5 heteroatoms. The summed E-state index contributed by atoms with van der Waals surface area (Å²) in [6.45, 7) is 1.50. The van der Waals surface area contributed by atoms with Crippen LogP contribution in [-0.2, 0) is 0 Å². The van der Waals surface area contributed by atoms with E-state index in [4.69, 9.17) is 16.3 Å². The quantitative estimate of drug-likeness (QED) is 0.460. The lowest BCUT2D eigenvalue weighted by molar-refractivity contribution is 0.101. The summed E-state index contributed by atoms with van der Waals surface area (Å²) < 4.78 is 7.13. The van der Waals surface area contributed by atoms with Crippen LogP contribution in [0.1, 0.15) is 33.3 Å². The number of aromatic nitrogens is 1. The van der Waals surface area contributed by atoms with Gasteiger partial charge in [-0.15, -0.1) is 0 Å². The predicted octanol–water partition coefficient (Wildman–Crippen LogP) is 5.19. The fourth-order valence-electron chi connectivity index (χ4n) is 3.31. The van der Waals surface area contributed by atoms with E-state index in [-0.39, 0.29) is 11.6 Å². The summed E-state index contributed by atoms with van der Waals surface area (Å²) in [6.07, 6.45) is 0. The number of carbonyl (C=O) groups excluding carboxylic acids is 2. The molecule has 0 amide bonds. The first-order chi connectivity index (χ1) is 13.0. The van der Waals surface area contributed by atoms with Crippen molar-refractivity contribution in [2.75, 3.05) is 7.11 Å². The lowest BCUT2D eigenvalue weighted by atomic mass is 10.1. The molecule has 0 radical (unpaired) electrons. The van der Waals surface area contributed by atoms with Crippen LogP contribution in [0.2, 0.25) is 5.02 Å². The molecule has 2 heterocycles. The van der Waals surface area contributed by atoms with Gasteiger partial charge in [-0.3, -0.25) is 9.59 Å². The Morgan fingerprint density at radius 1 is 0.926 bits per heavy atom. The van der Waals surface area contributed by atoms with Crippen LogP contribution in [0.5, 0.6) is 5.75 Å². The molecule has 0 saturated heterocycles. The Bertz CT molecular complexity index is 1210. The average Bonchev–Trinajstić information content (AvgIpc) is 3.08. The standard InChI is InChI=1S/C22H16ClNO3/c1-13(25)18-12-21(22(26)14-3-6-16(23)7-4-14)24-19-10-8-17(27-2)11-15(19)5-9-20(18)24/h3-12H,1-2H3. The summed E-state index contributed by atoms with van der Waals surface area (Å²) in [5.74, 6) is 0.472.